The summed E-state index contributed by atoms with van der Waals surface area (Å²) >= 11 is 0. The van der Waals surface area contributed by atoms with Gasteiger partial charge in [-0.3, -0.25) is 14.8 Å². The number of benzene rings is 3. The fourth-order valence-electron chi connectivity index (χ4n) is 4.68. The molecule has 10 nitrogen and oxygen atoms in total. The smallest absolute Gasteiger partial charge is 0.323 e. The molecule has 2 N–H and O–H groups in total. The number of halogens is 1. The van der Waals surface area contributed by atoms with Crippen LogP contribution in [0.25, 0.3) is 10.9 Å². The minimum absolute atomic E-state index is 0.194. The third-order valence-electron chi connectivity index (χ3n) is 6.78. The number of hydrogen-bond acceptors (Lipinski definition) is 6. The summed E-state index contributed by atoms with van der Waals surface area (Å²) in [7, 11) is 3.36. The first-order chi connectivity index (χ1) is 19.9. The maximum atomic E-state index is 13.6. The molecular formula is C30H25FN6O4. The van der Waals surface area contributed by atoms with E-state index in [1.54, 1.807) is 48.1 Å². The Morgan fingerprint density at radius 1 is 1.07 bits per heavy atom. The van der Waals surface area contributed by atoms with Gasteiger partial charge in [-0.25, -0.2) is 14.2 Å². The van der Waals surface area contributed by atoms with E-state index < -0.39 is 11.7 Å². The van der Waals surface area contributed by atoms with Gasteiger partial charge in [0.25, 0.3) is 5.91 Å². The number of amides is 3. The van der Waals surface area contributed by atoms with E-state index in [0.717, 1.165) is 22.4 Å². The van der Waals surface area contributed by atoms with Gasteiger partial charge in [0.05, 0.1) is 24.7 Å². The number of carbonyl (C=O) groups is 2. The van der Waals surface area contributed by atoms with Crippen LogP contribution >= 0.6 is 0 Å². The zero-order valence-electron chi connectivity index (χ0n) is 22.2. The van der Waals surface area contributed by atoms with Gasteiger partial charge in [-0.05, 0) is 54.1 Å². The van der Waals surface area contributed by atoms with Crippen molar-refractivity contribution in [1.29, 1.82) is 0 Å². The molecule has 0 aliphatic carbocycles. The molecule has 3 aromatic carbocycles. The van der Waals surface area contributed by atoms with Gasteiger partial charge in [0.2, 0.25) is 0 Å². The lowest BCUT2D eigenvalue weighted by molar-refractivity contribution is 0.102. The van der Waals surface area contributed by atoms with E-state index in [2.05, 4.69) is 20.7 Å². The molecule has 0 spiro atoms. The first-order valence-corrected chi connectivity index (χ1v) is 12.8. The van der Waals surface area contributed by atoms with Crippen molar-refractivity contribution >= 4 is 34.5 Å². The van der Waals surface area contributed by atoms with Gasteiger partial charge in [-0.15, -0.1) is 0 Å². The molecule has 0 saturated heterocycles. The Labute approximate surface area is 234 Å². The Hall–Kier alpha value is -5.45. The van der Waals surface area contributed by atoms with Crippen LogP contribution in [-0.4, -0.2) is 38.7 Å². The van der Waals surface area contributed by atoms with Crippen LogP contribution in [0, 0.1) is 5.82 Å². The quantitative estimate of drug-likeness (QED) is 0.268. The number of nitrogens with one attached hydrogen (secondary N) is 2. The molecule has 6 rings (SSSR count). The number of ether oxygens (including phenoxy) is 2. The van der Waals surface area contributed by atoms with Crippen LogP contribution in [0.5, 0.6) is 17.2 Å². The van der Waals surface area contributed by atoms with Crippen LogP contribution in [0.3, 0.4) is 0 Å². The van der Waals surface area contributed by atoms with Gasteiger partial charge in [-0.1, -0.05) is 18.2 Å². The number of rotatable bonds is 7. The molecule has 1 aliphatic rings. The maximum Gasteiger partial charge on any atom is 0.323 e. The fourth-order valence-corrected chi connectivity index (χ4v) is 4.68. The SMILES string of the molecule is COc1ccc(CN2Cc3c(Oc4ccc5c(NC(=O)c6cccc(F)c6)nn(C)c5c4)ccnc3NC2=O)cc1. The van der Waals surface area contributed by atoms with Crippen LogP contribution in [0.2, 0.25) is 0 Å². The number of urea groups is 1. The third-order valence-corrected chi connectivity index (χ3v) is 6.78. The number of aryl methyl sites for hydroxylation is 1. The number of nitrogens with zero attached hydrogens (tertiary/aromatic N) is 4. The highest BCUT2D eigenvalue weighted by Crippen LogP contribution is 2.35. The topological polar surface area (TPSA) is 111 Å². The summed E-state index contributed by atoms with van der Waals surface area (Å²) in [5.74, 6) is 1.67. The molecule has 41 heavy (non-hydrogen) atoms. The number of hydrogen-bond donors (Lipinski definition) is 2. The predicted octanol–water partition coefficient (Wildman–Crippen LogP) is 5.71. The first-order valence-electron chi connectivity index (χ1n) is 12.8. The van der Waals surface area contributed by atoms with Gasteiger partial charge in [0.15, 0.2) is 5.82 Å². The fraction of sp³-hybridized carbons (Fsp3) is 0.133. The number of pyridine rings is 1. The van der Waals surface area contributed by atoms with E-state index in [9.17, 15) is 14.0 Å². The lowest BCUT2D eigenvalue weighted by atomic mass is 10.1. The molecule has 11 heteroatoms. The Kier molecular flexibility index (Phi) is 6.68. The second-order valence-corrected chi connectivity index (χ2v) is 9.49. The standard InChI is InChI=1S/C30H25FN6O4/c1-36-25-15-22(10-11-23(25)28(35-36)33-29(38)19-4-3-5-20(31)14-19)41-26-12-13-32-27-24(26)17-37(30(39)34-27)16-18-6-8-21(40-2)9-7-18/h3-15H,16-17H2,1-2H3,(H,32,34,39)(H,33,35,38). The van der Waals surface area contributed by atoms with Crippen molar-refractivity contribution in [3.63, 3.8) is 0 Å². The average Bonchev–Trinajstić information content (AvgIpc) is 3.28. The van der Waals surface area contributed by atoms with Crippen molar-refractivity contribution in [2.75, 3.05) is 17.7 Å². The summed E-state index contributed by atoms with van der Waals surface area (Å²) in [5, 5.41) is 10.7. The molecule has 0 radical (unpaired) electrons. The average molecular weight is 553 g/mol. The molecule has 0 unspecified atom stereocenters. The van der Waals surface area contributed by atoms with Gasteiger partial charge < -0.3 is 19.7 Å². The molecule has 0 atom stereocenters. The lowest BCUT2D eigenvalue weighted by Gasteiger charge is -2.29. The van der Waals surface area contributed by atoms with Crippen molar-refractivity contribution in [3.8, 4) is 17.2 Å². The molecule has 2 aromatic heterocycles. The zero-order valence-corrected chi connectivity index (χ0v) is 22.2. The van der Waals surface area contributed by atoms with Gasteiger partial charge in [0, 0.05) is 36.8 Å². The van der Waals surface area contributed by atoms with Crippen LogP contribution in [0.4, 0.5) is 20.8 Å². The molecule has 3 amide bonds. The maximum absolute atomic E-state index is 13.6. The van der Waals surface area contributed by atoms with E-state index in [4.69, 9.17) is 9.47 Å². The minimum Gasteiger partial charge on any atom is -0.497 e. The lowest BCUT2D eigenvalue weighted by Crippen LogP contribution is -2.38. The Morgan fingerprint density at radius 2 is 1.88 bits per heavy atom. The number of carbonyl (C=O) groups excluding carboxylic acids is 2. The molecule has 1 aliphatic heterocycles. The highest BCUT2D eigenvalue weighted by molar-refractivity contribution is 6.08. The molecule has 0 saturated carbocycles. The van der Waals surface area contributed by atoms with Crippen molar-refractivity contribution in [2.24, 2.45) is 7.05 Å². The van der Waals surface area contributed by atoms with Crippen molar-refractivity contribution in [3.05, 3.63) is 102 Å². The van der Waals surface area contributed by atoms with E-state index in [1.165, 1.54) is 24.3 Å². The molecule has 206 valence electrons. The van der Waals surface area contributed by atoms with E-state index in [-0.39, 0.29) is 11.6 Å². The summed E-state index contributed by atoms with van der Waals surface area (Å²) in [6.07, 6.45) is 1.58. The van der Waals surface area contributed by atoms with E-state index in [0.29, 0.717) is 41.6 Å². The Bertz CT molecular complexity index is 1790. The normalized spacial score (nSPS) is 12.6. The summed E-state index contributed by atoms with van der Waals surface area (Å²) in [4.78, 5) is 31.4. The summed E-state index contributed by atoms with van der Waals surface area (Å²) in [6, 6.07) is 19.9. The number of aromatic nitrogens is 3. The predicted molar refractivity (Wildman–Crippen MR) is 151 cm³/mol. The second-order valence-electron chi connectivity index (χ2n) is 9.49. The van der Waals surface area contributed by atoms with Gasteiger partial charge in [0.1, 0.15) is 28.9 Å². The molecule has 0 fully saturated rings. The van der Waals surface area contributed by atoms with E-state index >= 15 is 0 Å². The summed E-state index contributed by atoms with van der Waals surface area (Å²) < 4.78 is 26.7. The van der Waals surface area contributed by atoms with Crippen LogP contribution < -0.4 is 20.1 Å². The van der Waals surface area contributed by atoms with E-state index in [1.807, 2.05) is 30.3 Å². The molecule has 5 aromatic rings. The summed E-state index contributed by atoms with van der Waals surface area (Å²) in [6.45, 7) is 0.704. The number of methoxy groups -OCH3 is 1. The Balaban J connectivity index is 1.23. The highest BCUT2D eigenvalue weighted by Gasteiger charge is 2.27. The third kappa shape index (κ3) is 5.24. The zero-order chi connectivity index (χ0) is 28.5. The Morgan fingerprint density at radius 3 is 2.66 bits per heavy atom. The van der Waals surface area contributed by atoms with Crippen LogP contribution in [0.1, 0.15) is 21.5 Å². The molecular weight excluding hydrogens is 527 g/mol. The molecule has 0 bridgehead atoms. The van der Waals surface area contributed by atoms with Crippen molar-refractivity contribution in [1.82, 2.24) is 19.7 Å². The highest BCUT2D eigenvalue weighted by atomic mass is 19.1. The minimum atomic E-state index is -0.493. The van der Waals surface area contributed by atoms with Crippen LogP contribution in [0.15, 0.2) is 79.0 Å². The number of anilines is 2. The van der Waals surface area contributed by atoms with Gasteiger partial charge in [-0.2, -0.15) is 5.10 Å². The second kappa shape index (κ2) is 10.6. The van der Waals surface area contributed by atoms with Gasteiger partial charge >= 0.3 is 6.03 Å². The largest absolute Gasteiger partial charge is 0.497 e. The van der Waals surface area contributed by atoms with Crippen molar-refractivity contribution in [2.45, 2.75) is 13.1 Å². The molecule has 3 heterocycles. The van der Waals surface area contributed by atoms with Crippen molar-refractivity contribution < 1.29 is 23.5 Å². The van der Waals surface area contributed by atoms with Crippen LogP contribution in [-0.2, 0) is 20.1 Å². The summed E-state index contributed by atoms with van der Waals surface area (Å²) in [5.41, 5.74) is 2.61. The first kappa shape index (κ1) is 25.8. The number of fused-ring (bicyclic) bond motifs is 2. The monoisotopic (exact) mass is 552 g/mol.